The van der Waals surface area contributed by atoms with E-state index in [-0.39, 0.29) is 11.9 Å². The van der Waals surface area contributed by atoms with Gasteiger partial charge in [0.25, 0.3) is 0 Å². The molecule has 10 nitrogen and oxygen atoms in total. The highest BCUT2D eigenvalue weighted by Gasteiger charge is 2.39. The summed E-state index contributed by atoms with van der Waals surface area (Å²) in [7, 11) is 0.731. The molecule has 1 N–H and O–H groups in total. The summed E-state index contributed by atoms with van der Waals surface area (Å²) in [4.78, 5) is 4.26. The predicted molar refractivity (Wildman–Crippen MR) is 133 cm³/mol. The van der Waals surface area contributed by atoms with E-state index in [4.69, 9.17) is 14.2 Å². The van der Waals surface area contributed by atoms with Crippen molar-refractivity contribution in [2.24, 2.45) is 5.92 Å². The SMILES string of the molecule is COc1cccc(OC)c1-n1c(NS(=O)(=O)[C@H](C)[C@H](OC)C2CCC2)nnc1-c1cncc(C)c1. The molecule has 188 valence electrons. The van der Waals surface area contributed by atoms with E-state index in [1.165, 1.54) is 14.2 Å². The Morgan fingerprint density at radius 3 is 2.31 bits per heavy atom. The number of benzene rings is 1. The van der Waals surface area contributed by atoms with Crippen LogP contribution in [0.2, 0.25) is 0 Å². The third-order valence-corrected chi connectivity index (χ3v) is 8.21. The molecule has 1 saturated carbocycles. The lowest BCUT2D eigenvalue weighted by Crippen LogP contribution is -2.43. The molecule has 1 aromatic carbocycles. The topological polar surface area (TPSA) is 117 Å². The number of aromatic nitrogens is 4. The molecule has 1 fully saturated rings. The second kappa shape index (κ2) is 10.2. The Hall–Kier alpha value is -3.18. The fourth-order valence-corrected chi connectivity index (χ4v) is 5.67. The first-order chi connectivity index (χ1) is 16.8. The Labute approximate surface area is 205 Å². The molecule has 0 aliphatic heterocycles. The molecule has 2 aromatic heterocycles. The number of methoxy groups -OCH3 is 3. The number of para-hydroxylation sites is 1. The summed E-state index contributed by atoms with van der Waals surface area (Å²) in [6, 6.07) is 7.20. The van der Waals surface area contributed by atoms with Gasteiger partial charge in [0.2, 0.25) is 16.0 Å². The van der Waals surface area contributed by atoms with E-state index in [0.29, 0.717) is 28.6 Å². The molecule has 2 atom stereocenters. The van der Waals surface area contributed by atoms with Crippen LogP contribution in [0.4, 0.5) is 5.95 Å². The van der Waals surface area contributed by atoms with Gasteiger partial charge in [-0.2, -0.15) is 0 Å². The first kappa shape index (κ1) is 24.9. The van der Waals surface area contributed by atoms with Crippen LogP contribution >= 0.6 is 0 Å². The van der Waals surface area contributed by atoms with Gasteiger partial charge in [0.05, 0.1) is 20.3 Å². The van der Waals surface area contributed by atoms with E-state index in [1.807, 2.05) is 13.0 Å². The highest BCUT2D eigenvalue weighted by atomic mass is 32.2. The summed E-state index contributed by atoms with van der Waals surface area (Å²) in [5.41, 5.74) is 2.04. The van der Waals surface area contributed by atoms with E-state index in [1.54, 1.807) is 49.2 Å². The Morgan fingerprint density at radius 1 is 1.09 bits per heavy atom. The van der Waals surface area contributed by atoms with Gasteiger partial charge in [0, 0.05) is 25.1 Å². The van der Waals surface area contributed by atoms with E-state index in [0.717, 1.165) is 24.8 Å². The standard InChI is InChI=1S/C24H31N5O5S/c1-15-12-18(14-25-13-15)23-26-27-24(29(23)21-19(32-3)10-7-11-20(21)33-4)28-35(30,31)16(2)22(34-5)17-8-6-9-17/h7,10-14,16-17,22H,6,8-9H2,1-5H3,(H,27,28)/t16-,22+/m1/s1. The van der Waals surface area contributed by atoms with Gasteiger partial charge in [-0.1, -0.05) is 12.5 Å². The molecule has 3 aromatic rings. The number of sulfonamides is 1. The van der Waals surface area contributed by atoms with Gasteiger partial charge in [-0.25, -0.2) is 8.42 Å². The monoisotopic (exact) mass is 501 g/mol. The maximum Gasteiger partial charge on any atom is 0.243 e. The largest absolute Gasteiger partial charge is 0.494 e. The Balaban J connectivity index is 1.85. The average molecular weight is 502 g/mol. The summed E-state index contributed by atoms with van der Waals surface area (Å²) >= 11 is 0. The number of anilines is 1. The average Bonchev–Trinajstić information content (AvgIpc) is 3.22. The molecule has 11 heteroatoms. The fourth-order valence-electron chi connectivity index (χ4n) is 4.41. The summed E-state index contributed by atoms with van der Waals surface area (Å²) < 4.78 is 48.0. The fraction of sp³-hybridized carbons (Fsp3) is 0.458. The minimum absolute atomic E-state index is 0.0135. The van der Waals surface area contributed by atoms with Gasteiger partial charge in [-0.15, -0.1) is 10.2 Å². The highest BCUT2D eigenvalue weighted by molar-refractivity contribution is 7.93. The summed E-state index contributed by atoms with van der Waals surface area (Å²) in [6.45, 7) is 3.57. The molecule has 0 spiro atoms. The zero-order chi connectivity index (χ0) is 25.2. The van der Waals surface area contributed by atoms with Crippen LogP contribution in [0.3, 0.4) is 0 Å². The maximum absolute atomic E-state index is 13.5. The molecule has 0 radical (unpaired) electrons. The van der Waals surface area contributed by atoms with Crippen LogP contribution in [0.15, 0.2) is 36.7 Å². The maximum atomic E-state index is 13.5. The van der Waals surface area contributed by atoms with E-state index < -0.39 is 21.4 Å². The third-order valence-electron chi connectivity index (χ3n) is 6.49. The second-order valence-electron chi connectivity index (χ2n) is 8.69. The van der Waals surface area contributed by atoms with Crippen molar-refractivity contribution < 1.29 is 22.6 Å². The predicted octanol–water partition coefficient (Wildman–Crippen LogP) is 3.60. The van der Waals surface area contributed by atoms with Gasteiger partial charge < -0.3 is 14.2 Å². The van der Waals surface area contributed by atoms with Gasteiger partial charge in [0.15, 0.2) is 5.82 Å². The van der Waals surface area contributed by atoms with Gasteiger partial charge in [0.1, 0.15) is 22.4 Å². The second-order valence-corrected chi connectivity index (χ2v) is 10.7. The number of nitrogens with zero attached hydrogens (tertiary/aromatic N) is 4. The lowest BCUT2D eigenvalue weighted by atomic mass is 9.80. The number of ether oxygens (including phenoxy) is 3. The highest BCUT2D eigenvalue weighted by Crippen LogP contribution is 2.38. The molecular weight excluding hydrogens is 470 g/mol. The molecule has 2 heterocycles. The van der Waals surface area contributed by atoms with Gasteiger partial charge in [-0.3, -0.25) is 14.3 Å². The van der Waals surface area contributed by atoms with Crippen molar-refractivity contribution in [3.8, 4) is 28.6 Å². The minimum atomic E-state index is -3.89. The molecule has 0 saturated heterocycles. The molecule has 0 bridgehead atoms. The van der Waals surface area contributed by atoms with Crippen molar-refractivity contribution in [1.82, 2.24) is 19.7 Å². The van der Waals surface area contributed by atoms with Crippen LogP contribution in [0.25, 0.3) is 17.1 Å². The van der Waals surface area contributed by atoms with Crippen molar-refractivity contribution in [2.75, 3.05) is 26.1 Å². The smallest absolute Gasteiger partial charge is 0.243 e. The van der Waals surface area contributed by atoms with Crippen molar-refractivity contribution in [3.63, 3.8) is 0 Å². The van der Waals surface area contributed by atoms with E-state index >= 15 is 0 Å². The number of nitrogens with one attached hydrogen (secondary N) is 1. The van der Waals surface area contributed by atoms with Crippen LogP contribution in [-0.2, 0) is 14.8 Å². The Morgan fingerprint density at radius 2 is 1.77 bits per heavy atom. The zero-order valence-electron chi connectivity index (χ0n) is 20.6. The lowest BCUT2D eigenvalue weighted by Gasteiger charge is -2.35. The summed E-state index contributed by atoms with van der Waals surface area (Å²) in [6.07, 6.45) is 5.95. The number of rotatable bonds is 10. The minimum Gasteiger partial charge on any atom is -0.494 e. The lowest BCUT2D eigenvalue weighted by molar-refractivity contribution is 0.0194. The Kier molecular flexibility index (Phi) is 7.27. The van der Waals surface area contributed by atoms with Crippen molar-refractivity contribution in [3.05, 3.63) is 42.2 Å². The summed E-state index contributed by atoms with van der Waals surface area (Å²) in [5, 5.41) is 7.75. The van der Waals surface area contributed by atoms with E-state index in [9.17, 15) is 8.42 Å². The van der Waals surface area contributed by atoms with Crippen molar-refractivity contribution in [1.29, 1.82) is 0 Å². The zero-order valence-corrected chi connectivity index (χ0v) is 21.4. The van der Waals surface area contributed by atoms with Crippen molar-refractivity contribution in [2.45, 2.75) is 44.5 Å². The summed E-state index contributed by atoms with van der Waals surface area (Å²) in [5.74, 6) is 1.54. The molecule has 35 heavy (non-hydrogen) atoms. The molecule has 0 amide bonds. The molecule has 1 aliphatic rings. The first-order valence-electron chi connectivity index (χ1n) is 11.4. The third kappa shape index (κ3) is 4.83. The molecular formula is C24H31N5O5S. The quantitative estimate of drug-likeness (QED) is 0.448. The number of hydrogen-bond donors (Lipinski definition) is 1. The van der Waals surface area contributed by atoms with Crippen LogP contribution in [0.1, 0.15) is 31.7 Å². The van der Waals surface area contributed by atoms with Crippen LogP contribution < -0.4 is 14.2 Å². The van der Waals surface area contributed by atoms with Crippen LogP contribution in [0.5, 0.6) is 11.5 Å². The molecule has 1 aliphatic carbocycles. The Bertz CT molecular complexity index is 1270. The van der Waals surface area contributed by atoms with E-state index in [2.05, 4.69) is 19.9 Å². The van der Waals surface area contributed by atoms with Crippen LogP contribution in [-0.4, -0.2) is 60.8 Å². The van der Waals surface area contributed by atoms with Crippen molar-refractivity contribution >= 4 is 16.0 Å². The normalized spacial score (nSPS) is 15.8. The first-order valence-corrected chi connectivity index (χ1v) is 13.0. The van der Waals surface area contributed by atoms with Gasteiger partial charge in [-0.05, 0) is 56.4 Å². The van der Waals surface area contributed by atoms with Gasteiger partial charge >= 0.3 is 0 Å². The van der Waals surface area contributed by atoms with Crippen LogP contribution in [0, 0.1) is 12.8 Å². The number of hydrogen-bond acceptors (Lipinski definition) is 8. The molecule has 0 unspecified atom stereocenters. The number of pyridine rings is 1. The molecule has 4 rings (SSSR count). The number of aryl methyl sites for hydroxylation is 1.